The number of carbonyl (C=O) groups is 1. The van der Waals surface area contributed by atoms with Gasteiger partial charge >= 0.3 is 5.97 Å². The highest BCUT2D eigenvalue weighted by molar-refractivity contribution is 7.89. The van der Waals surface area contributed by atoms with Crippen molar-refractivity contribution in [3.05, 3.63) is 24.3 Å². The number of hydrogen-bond acceptors (Lipinski definition) is 5. The Morgan fingerprint density at radius 1 is 1.30 bits per heavy atom. The van der Waals surface area contributed by atoms with E-state index in [1.807, 2.05) is 11.9 Å². The molecule has 0 amide bonds. The van der Waals surface area contributed by atoms with E-state index in [4.69, 9.17) is 4.74 Å². The van der Waals surface area contributed by atoms with Crippen molar-refractivity contribution in [3.8, 4) is 5.75 Å². The Hall–Kier alpha value is -1.64. The number of rotatable bonds is 4. The summed E-state index contributed by atoms with van der Waals surface area (Å²) in [6.07, 6.45) is 0. The van der Waals surface area contributed by atoms with Crippen molar-refractivity contribution < 1.29 is 23.1 Å². The lowest BCUT2D eigenvalue weighted by Crippen LogP contribution is -2.41. The zero-order valence-electron chi connectivity index (χ0n) is 13.1. The molecule has 3 rings (SSSR count). The third-order valence-electron chi connectivity index (χ3n) is 4.86. The summed E-state index contributed by atoms with van der Waals surface area (Å²) in [6, 6.07) is 6.41. The molecule has 126 valence electrons. The number of hydrogen-bond donors (Lipinski definition) is 1. The number of para-hydroxylation sites is 1. The second kappa shape index (κ2) is 5.47. The molecule has 0 unspecified atom stereocenters. The van der Waals surface area contributed by atoms with E-state index < -0.39 is 21.4 Å². The summed E-state index contributed by atoms with van der Waals surface area (Å²) in [7, 11) is -0.506. The van der Waals surface area contributed by atoms with Gasteiger partial charge < -0.3 is 14.7 Å². The van der Waals surface area contributed by atoms with Crippen LogP contribution in [-0.4, -0.2) is 69.0 Å². The number of methoxy groups -OCH3 is 1. The lowest BCUT2D eigenvalue weighted by Gasteiger charge is -2.24. The minimum atomic E-state index is -3.79. The van der Waals surface area contributed by atoms with Crippen LogP contribution in [0.1, 0.15) is 0 Å². The molecule has 2 aliphatic rings. The van der Waals surface area contributed by atoms with Gasteiger partial charge in [0, 0.05) is 32.1 Å². The normalized spacial score (nSPS) is 28.7. The van der Waals surface area contributed by atoms with Gasteiger partial charge in [0.2, 0.25) is 10.0 Å². The summed E-state index contributed by atoms with van der Waals surface area (Å²) < 4.78 is 32.3. The minimum Gasteiger partial charge on any atom is -0.495 e. The lowest BCUT2D eigenvalue weighted by atomic mass is 9.81. The van der Waals surface area contributed by atoms with E-state index in [1.54, 1.807) is 18.2 Å². The Balaban J connectivity index is 1.96. The number of sulfonamides is 1. The van der Waals surface area contributed by atoms with E-state index in [9.17, 15) is 18.3 Å². The van der Waals surface area contributed by atoms with Crippen LogP contribution < -0.4 is 4.74 Å². The first-order valence-corrected chi connectivity index (χ1v) is 8.80. The molecule has 1 aromatic carbocycles. The first-order valence-electron chi connectivity index (χ1n) is 7.36. The van der Waals surface area contributed by atoms with Crippen LogP contribution in [0, 0.1) is 11.3 Å². The highest BCUT2D eigenvalue weighted by atomic mass is 32.2. The molecule has 7 nitrogen and oxygen atoms in total. The molecular weight excluding hydrogens is 320 g/mol. The summed E-state index contributed by atoms with van der Waals surface area (Å²) in [5.41, 5.74) is -1.02. The van der Waals surface area contributed by atoms with Crippen LogP contribution in [0.15, 0.2) is 29.2 Å². The van der Waals surface area contributed by atoms with E-state index in [0.717, 1.165) is 0 Å². The molecule has 2 saturated heterocycles. The van der Waals surface area contributed by atoms with E-state index >= 15 is 0 Å². The van der Waals surface area contributed by atoms with Gasteiger partial charge in [0.05, 0.1) is 12.5 Å². The van der Waals surface area contributed by atoms with Gasteiger partial charge in [-0.05, 0) is 19.2 Å². The highest BCUT2D eigenvalue weighted by Crippen LogP contribution is 2.44. The number of carboxylic acid groups (broad SMARTS) is 1. The maximum absolute atomic E-state index is 12.9. The number of aliphatic carboxylic acids is 1. The molecule has 1 N–H and O–H groups in total. The van der Waals surface area contributed by atoms with E-state index in [2.05, 4.69) is 0 Å². The van der Waals surface area contributed by atoms with Gasteiger partial charge in [0.1, 0.15) is 10.6 Å². The van der Waals surface area contributed by atoms with Crippen LogP contribution in [0.25, 0.3) is 0 Å². The number of fused-ring (bicyclic) bond motifs is 1. The molecular formula is C15H20N2O5S. The SMILES string of the molecule is COc1ccccc1S(=O)(=O)N1C[C@@H]2CN(C)C[C@]2(C(=O)O)C1. The molecule has 0 spiro atoms. The van der Waals surface area contributed by atoms with Crippen LogP contribution in [0.2, 0.25) is 0 Å². The van der Waals surface area contributed by atoms with Crippen molar-refractivity contribution in [3.63, 3.8) is 0 Å². The number of ether oxygens (including phenoxy) is 1. The van der Waals surface area contributed by atoms with Crippen molar-refractivity contribution in [1.29, 1.82) is 0 Å². The number of nitrogens with zero attached hydrogens (tertiary/aromatic N) is 2. The van der Waals surface area contributed by atoms with Crippen LogP contribution in [0.4, 0.5) is 0 Å². The van der Waals surface area contributed by atoms with Gasteiger partial charge in [-0.3, -0.25) is 4.79 Å². The minimum absolute atomic E-state index is 0.00226. The van der Waals surface area contributed by atoms with Crippen molar-refractivity contribution in [1.82, 2.24) is 9.21 Å². The number of likely N-dealkylation sites (tertiary alicyclic amines) is 1. The zero-order valence-corrected chi connectivity index (χ0v) is 13.9. The summed E-state index contributed by atoms with van der Waals surface area (Å²) >= 11 is 0. The second-order valence-corrected chi connectivity index (χ2v) is 8.21. The fraction of sp³-hybridized carbons (Fsp3) is 0.533. The van der Waals surface area contributed by atoms with Crippen LogP contribution in [0.3, 0.4) is 0 Å². The van der Waals surface area contributed by atoms with Gasteiger partial charge in [-0.2, -0.15) is 4.31 Å². The van der Waals surface area contributed by atoms with Gasteiger partial charge in [-0.1, -0.05) is 12.1 Å². The van der Waals surface area contributed by atoms with Crippen molar-refractivity contribution in [2.75, 3.05) is 40.3 Å². The van der Waals surface area contributed by atoms with Gasteiger partial charge in [-0.15, -0.1) is 0 Å². The molecule has 1 aromatic rings. The summed E-state index contributed by atoms with van der Waals surface area (Å²) in [4.78, 5) is 13.8. The van der Waals surface area contributed by atoms with E-state index in [0.29, 0.717) is 13.1 Å². The average Bonchev–Trinajstić information content (AvgIpc) is 3.01. The summed E-state index contributed by atoms with van der Waals surface area (Å²) in [6.45, 7) is 1.17. The Bertz CT molecular complexity index is 735. The van der Waals surface area contributed by atoms with Crippen LogP contribution in [-0.2, 0) is 14.8 Å². The monoisotopic (exact) mass is 340 g/mol. The van der Waals surface area contributed by atoms with Gasteiger partial charge in [0.25, 0.3) is 0 Å². The fourth-order valence-corrected chi connectivity index (χ4v) is 5.44. The maximum atomic E-state index is 12.9. The maximum Gasteiger partial charge on any atom is 0.312 e. The van der Waals surface area contributed by atoms with Crippen LogP contribution >= 0.6 is 0 Å². The molecule has 2 aliphatic heterocycles. The zero-order chi connectivity index (χ0) is 16.8. The molecule has 2 fully saturated rings. The molecule has 2 atom stereocenters. The fourth-order valence-electron chi connectivity index (χ4n) is 3.73. The molecule has 0 radical (unpaired) electrons. The Morgan fingerprint density at radius 2 is 2.00 bits per heavy atom. The topological polar surface area (TPSA) is 87.2 Å². The Labute approximate surface area is 135 Å². The molecule has 23 heavy (non-hydrogen) atoms. The van der Waals surface area contributed by atoms with E-state index in [-0.39, 0.29) is 29.7 Å². The number of carboxylic acids is 1. The standard InChI is InChI=1S/C15H20N2O5S/c1-16-7-11-8-17(10-15(11,9-16)14(18)19)23(20,21)13-6-4-3-5-12(13)22-2/h3-6,11H,7-10H2,1-2H3,(H,18,19)/t11-,15-/m0/s1. The third-order valence-corrected chi connectivity index (χ3v) is 6.71. The van der Waals surface area contributed by atoms with Gasteiger partial charge in [-0.25, -0.2) is 8.42 Å². The lowest BCUT2D eigenvalue weighted by molar-refractivity contribution is -0.148. The van der Waals surface area contributed by atoms with Crippen LogP contribution in [0.5, 0.6) is 5.75 Å². The van der Waals surface area contributed by atoms with E-state index in [1.165, 1.54) is 17.5 Å². The first-order chi connectivity index (χ1) is 10.8. The van der Waals surface area contributed by atoms with Crippen molar-refractivity contribution in [2.24, 2.45) is 11.3 Å². The third kappa shape index (κ3) is 2.41. The predicted molar refractivity (Wildman–Crippen MR) is 82.8 cm³/mol. The predicted octanol–water partition coefficient (Wildman–Crippen LogP) is 0.332. The highest BCUT2D eigenvalue weighted by Gasteiger charge is 2.59. The molecule has 2 heterocycles. The largest absolute Gasteiger partial charge is 0.495 e. The Kier molecular flexibility index (Phi) is 3.86. The second-order valence-electron chi connectivity index (χ2n) is 6.30. The molecule has 0 aliphatic carbocycles. The summed E-state index contributed by atoms with van der Waals surface area (Å²) in [5, 5.41) is 9.67. The van der Waals surface area contributed by atoms with Crippen molar-refractivity contribution in [2.45, 2.75) is 4.90 Å². The quantitative estimate of drug-likeness (QED) is 0.850. The molecule has 0 saturated carbocycles. The Morgan fingerprint density at radius 3 is 2.61 bits per heavy atom. The smallest absolute Gasteiger partial charge is 0.312 e. The average molecular weight is 340 g/mol. The first kappa shape index (κ1) is 16.2. The van der Waals surface area contributed by atoms with Crippen molar-refractivity contribution >= 4 is 16.0 Å². The summed E-state index contributed by atoms with van der Waals surface area (Å²) in [5.74, 6) is -0.856. The molecule has 8 heteroatoms. The molecule has 0 aromatic heterocycles. The van der Waals surface area contributed by atoms with Gasteiger partial charge in [0.15, 0.2) is 0 Å². The number of benzene rings is 1. The molecule has 0 bridgehead atoms.